The molecule has 0 aliphatic rings. The highest BCUT2D eigenvalue weighted by molar-refractivity contribution is 5.76. The molecule has 3 heteroatoms. The molecule has 0 radical (unpaired) electrons. The van der Waals surface area contributed by atoms with Gasteiger partial charge in [-0.1, -0.05) is 57.2 Å². The summed E-state index contributed by atoms with van der Waals surface area (Å²) in [5.41, 5.74) is 3.97. The molecule has 140 valence electrons. The highest BCUT2D eigenvalue weighted by Gasteiger charge is 2.12. The number of benzene rings is 2. The summed E-state index contributed by atoms with van der Waals surface area (Å²) in [7, 11) is 1.67. The highest BCUT2D eigenvalue weighted by atomic mass is 16.5. The average Bonchev–Trinajstić information content (AvgIpc) is 2.63. The van der Waals surface area contributed by atoms with Crippen molar-refractivity contribution in [3.8, 4) is 5.75 Å². The first-order valence-corrected chi connectivity index (χ1v) is 9.37. The molecule has 2 rings (SSSR count). The lowest BCUT2D eigenvalue weighted by Crippen LogP contribution is -2.25. The fourth-order valence-corrected chi connectivity index (χ4v) is 2.83. The Morgan fingerprint density at radius 3 is 2.08 bits per heavy atom. The summed E-state index contributed by atoms with van der Waals surface area (Å²) in [6, 6.07) is 16.7. The molecule has 0 spiro atoms. The lowest BCUT2D eigenvalue weighted by atomic mass is 9.86. The summed E-state index contributed by atoms with van der Waals surface area (Å²) >= 11 is 0. The van der Waals surface area contributed by atoms with Crippen molar-refractivity contribution >= 4 is 5.91 Å². The quantitative estimate of drug-likeness (QED) is 0.700. The van der Waals surface area contributed by atoms with Crippen LogP contribution >= 0.6 is 0 Å². The van der Waals surface area contributed by atoms with Gasteiger partial charge in [-0.3, -0.25) is 4.79 Å². The Morgan fingerprint density at radius 2 is 1.50 bits per heavy atom. The van der Waals surface area contributed by atoms with Gasteiger partial charge < -0.3 is 10.1 Å². The zero-order chi connectivity index (χ0) is 19.0. The summed E-state index contributed by atoms with van der Waals surface area (Å²) < 4.78 is 5.16. The molecule has 0 saturated heterocycles. The molecule has 2 aromatic rings. The average molecular weight is 354 g/mol. The van der Waals surface area contributed by atoms with E-state index in [0.717, 1.165) is 25.0 Å². The molecule has 0 saturated carbocycles. The predicted octanol–water partition coefficient (Wildman–Crippen LogP) is 4.67. The maximum absolute atomic E-state index is 12.0. The smallest absolute Gasteiger partial charge is 0.220 e. The van der Waals surface area contributed by atoms with Gasteiger partial charge in [0.25, 0.3) is 0 Å². The van der Waals surface area contributed by atoms with E-state index < -0.39 is 0 Å². The first kappa shape index (κ1) is 20.0. The molecule has 1 amide bonds. The molecule has 2 aromatic carbocycles. The van der Waals surface area contributed by atoms with E-state index in [0.29, 0.717) is 13.0 Å². The number of carbonyl (C=O) groups excluding carboxylic acids is 1. The van der Waals surface area contributed by atoms with Crippen LogP contribution in [0.3, 0.4) is 0 Å². The standard InChI is InChI=1S/C23H31NO2/c1-23(2,3)20-12-7-19(8-13-20)11-16-22(25)24-17-5-6-18-9-14-21(26-4)15-10-18/h7-10,12-15H,5-6,11,16-17H2,1-4H3,(H,24,25). The summed E-state index contributed by atoms with van der Waals surface area (Å²) in [5, 5.41) is 3.02. The van der Waals surface area contributed by atoms with E-state index in [1.54, 1.807) is 7.11 Å². The minimum atomic E-state index is 0.125. The number of amides is 1. The summed E-state index contributed by atoms with van der Waals surface area (Å²) in [6.07, 6.45) is 3.23. The van der Waals surface area contributed by atoms with Crippen molar-refractivity contribution in [3.63, 3.8) is 0 Å². The Balaban J connectivity index is 1.65. The molecular weight excluding hydrogens is 322 g/mol. The van der Waals surface area contributed by atoms with Crippen LogP contribution in [0.25, 0.3) is 0 Å². The molecule has 0 aliphatic heterocycles. The number of aryl methyl sites for hydroxylation is 2. The first-order chi connectivity index (χ1) is 12.4. The van der Waals surface area contributed by atoms with Gasteiger partial charge in [0.15, 0.2) is 0 Å². The van der Waals surface area contributed by atoms with E-state index in [2.05, 4.69) is 62.5 Å². The largest absolute Gasteiger partial charge is 0.497 e. The SMILES string of the molecule is COc1ccc(CCCNC(=O)CCc2ccc(C(C)(C)C)cc2)cc1. The lowest BCUT2D eigenvalue weighted by molar-refractivity contribution is -0.121. The molecule has 1 N–H and O–H groups in total. The lowest BCUT2D eigenvalue weighted by Gasteiger charge is -2.19. The Morgan fingerprint density at radius 1 is 0.923 bits per heavy atom. The Bertz CT molecular complexity index is 682. The van der Waals surface area contributed by atoms with Crippen molar-refractivity contribution < 1.29 is 9.53 Å². The molecule has 26 heavy (non-hydrogen) atoms. The van der Waals surface area contributed by atoms with Crippen molar-refractivity contribution in [3.05, 3.63) is 65.2 Å². The maximum atomic E-state index is 12.0. The number of methoxy groups -OCH3 is 1. The molecule has 0 aromatic heterocycles. The zero-order valence-electron chi connectivity index (χ0n) is 16.5. The number of ether oxygens (including phenoxy) is 1. The second-order valence-corrected chi connectivity index (χ2v) is 7.75. The minimum absolute atomic E-state index is 0.125. The van der Waals surface area contributed by atoms with Crippen molar-refractivity contribution in [2.24, 2.45) is 0 Å². The van der Waals surface area contributed by atoms with E-state index in [4.69, 9.17) is 4.74 Å². The number of rotatable bonds is 8. The van der Waals surface area contributed by atoms with Crippen LogP contribution in [0.15, 0.2) is 48.5 Å². The van der Waals surface area contributed by atoms with Gasteiger partial charge in [-0.05, 0) is 53.5 Å². The molecule has 0 atom stereocenters. The van der Waals surface area contributed by atoms with Gasteiger partial charge in [0.2, 0.25) is 5.91 Å². The fourth-order valence-electron chi connectivity index (χ4n) is 2.83. The van der Waals surface area contributed by atoms with Crippen LogP contribution < -0.4 is 10.1 Å². The molecule has 0 bridgehead atoms. The first-order valence-electron chi connectivity index (χ1n) is 9.37. The number of hydrogen-bond acceptors (Lipinski definition) is 2. The summed E-state index contributed by atoms with van der Waals surface area (Å²) in [4.78, 5) is 12.0. The number of carbonyl (C=O) groups is 1. The van der Waals surface area contributed by atoms with E-state index in [-0.39, 0.29) is 11.3 Å². The van der Waals surface area contributed by atoms with Crippen LogP contribution in [0.1, 0.15) is 50.3 Å². The zero-order valence-corrected chi connectivity index (χ0v) is 16.5. The highest BCUT2D eigenvalue weighted by Crippen LogP contribution is 2.22. The molecule has 0 heterocycles. The van der Waals surface area contributed by atoms with Gasteiger partial charge in [-0.2, -0.15) is 0 Å². The minimum Gasteiger partial charge on any atom is -0.497 e. The van der Waals surface area contributed by atoms with Crippen LogP contribution in [0.2, 0.25) is 0 Å². The van der Waals surface area contributed by atoms with Gasteiger partial charge in [0.05, 0.1) is 7.11 Å². The molecule has 0 unspecified atom stereocenters. The van der Waals surface area contributed by atoms with Gasteiger partial charge in [-0.15, -0.1) is 0 Å². The normalized spacial score (nSPS) is 11.2. The number of hydrogen-bond donors (Lipinski definition) is 1. The van der Waals surface area contributed by atoms with Gasteiger partial charge in [-0.25, -0.2) is 0 Å². The van der Waals surface area contributed by atoms with Gasteiger partial charge in [0.1, 0.15) is 5.75 Å². The van der Waals surface area contributed by atoms with Crippen LogP contribution in [0.4, 0.5) is 0 Å². The van der Waals surface area contributed by atoms with Crippen molar-refractivity contribution in [1.29, 1.82) is 0 Å². The number of nitrogens with one attached hydrogen (secondary N) is 1. The summed E-state index contributed by atoms with van der Waals surface area (Å²) in [5.74, 6) is 0.997. The Labute approximate surface area is 157 Å². The Hall–Kier alpha value is -2.29. The van der Waals surface area contributed by atoms with Crippen LogP contribution in [0, 0.1) is 0 Å². The van der Waals surface area contributed by atoms with E-state index in [1.165, 1.54) is 16.7 Å². The van der Waals surface area contributed by atoms with Crippen LogP contribution in [0.5, 0.6) is 5.75 Å². The fraction of sp³-hybridized carbons (Fsp3) is 0.435. The van der Waals surface area contributed by atoms with E-state index in [1.807, 2.05) is 12.1 Å². The van der Waals surface area contributed by atoms with Crippen molar-refractivity contribution in [1.82, 2.24) is 5.32 Å². The third-order valence-corrected chi connectivity index (χ3v) is 4.58. The summed E-state index contributed by atoms with van der Waals surface area (Å²) in [6.45, 7) is 7.35. The predicted molar refractivity (Wildman–Crippen MR) is 108 cm³/mol. The van der Waals surface area contributed by atoms with Crippen LogP contribution in [-0.4, -0.2) is 19.6 Å². The van der Waals surface area contributed by atoms with E-state index >= 15 is 0 Å². The Kier molecular flexibility index (Phi) is 7.26. The molecular formula is C23H31NO2. The molecule has 3 nitrogen and oxygen atoms in total. The second kappa shape index (κ2) is 9.42. The second-order valence-electron chi connectivity index (χ2n) is 7.75. The van der Waals surface area contributed by atoms with Gasteiger partial charge in [0, 0.05) is 13.0 Å². The molecule has 0 fully saturated rings. The van der Waals surface area contributed by atoms with Gasteiger partial charge >= 0.3 is 0 Å². The third kappa shape index (κ3) is 6.55. The maximum Gasteiger partial charge on any atom is 0.220 e. The van der Waals surface area contributed by atoms with Crippen molar-refractivity contribution in [2.45, 2.75) is 51.9 Å². The molecule has 0 aliphatic carbocycles. The monoisotopic (exact) mass is 353 g/mol. The van der Waals surface area contributed by atoms with E-state index in [9.17, 15) is 4.79 Å². The third-order valence-electron chi connectivity index (χ3n) is 4.58. The van der Waals surface area contributed by atoms with Crippen LogP contribution in [-0.2, 0) is 23.1 Å². The topological polar surface area (TPSA) is 38.3 Å². The van der Waals surface area contributed by atoms with Crippen molar-refractivity contribution in [2.75, 3.05) is 13.7 Å².